The Morgan fingerprint density at radius 2 is 1.66 bits per heavy atom. The highest BCUT2D eigenvalue weighted by Gasteiger charge is 2.26. The second kappa shape index (κ2) is 9.04. The van der Waals surface area contributed by atoms with E-state index in [-0.39, 0.29) is 24.0 Å². The summed E-state index contributed by atoms with van der Waals surface area (Å²) in [5.74, 6) is -0.377. The molecule has 7 heteroatoms. The van der Waals surface area contributed by atoms with Gasteiger partial charge in [-0.3, -0.25) is 4.79 Å². The molecule has 32 heavy (non-hydrogen) atoms. The van der Waals surface area contributed by atoms with Gasteiger partial charge >= 0.3 is 5.97 Å². The lowest BCUT2D eigenvalue weighted by molar-refractivity contribution is -0.156. The molecule has 2 atom stereocenters. The lowest BCUT2D eigenvalue weighted by atomic mass is 10.0. The van der Waals surface area contributed by atoms with Crippen molar-refractivity contribution in [2.75, 3.05) is 0 Å². The van der Waals surface area contributed by atoms with E-state index in [2.05, 4.69) is 0 Å². The first-order valence-electron chi connectivity index (χ1n) is 10.5. The third kappa shape index (κ3) is 4.62. The first-order chi connectivity index (χ1) is 15.3. The third-order valence-corrected chi connectivity index (χ3v) is 5.33. The lowest BCUT2D eigenvalue weighted by Crippen LogP contribution is -2.31. The van der Waals surface area contributed by atoms with Gasteiger partial charge in [0.25, 0.3) is 0 Å². The van der Waals surface area contributed by atoms with Crippen LogP contribution in [0.4, 0.5) is 8.78 Å². The fourth-order valence-electron chi connectivity index (χ4n) is 3.81. The van der Waals surface area contributed by atoms with Crippen molar-refractivity contribution in [1.29, 1.82) is 0 Å². The number of hydrogen-bond acceptors (Lipinski definition) is 4. The average Bonchev–Trinajstić information content (AvgIpc) is 3.12. The van der Waals surface area contributed by atoms with Crippen molar-refractivity contribution < 1.29 is 23.4 Å². The zero-order chi connectivity index (χ0) is 22.8. The summed E-state index contributed by atoms with van der Waals surface area (Å²) < 4.78 is 34.4. The van der Waals surface area contributed by atoms with Crippen molar-refractivity contribution in [1.82, 2.24) is 9.55 Å². The molecule has 1 aliphatic heterocycles. The Kier molecular flexibility index (Phi) is 6.19. The molecule has 0 amide bonds. The van der Waals surface area contributed by atoms with Crippen LogP contribution in [-0.2, 0) is 9.53 Å². The maximum Gasteiger partial charge on any atom is 0.309 e. The Balaban J connectivity index is 1.86. The van der Waals surface area contributed by atoms with Crippen LogP contribution < -0.4 is 0 Å². The second-order valence-corrected chi connectivity index (χ2v) is 8.17. The van der Waals surface area contributed by atoms with Crippen LogP contribution in [0.2, 0.25) is 0 Å². The number of hydrogen-bond donors (Lipinski definition) is 1. The number of benzene rings is 2. The van der Waals surface area contributed by atoms with Crippen LogP contribution in [0.3, 0.4) is 0 Å². The number of ether oxygens (including phenoxy) is 1. The highest BCUT2D eigenvalue weighted by Crippen LogP contribution is 2.35. The highest BCUT2D eigenvalue weighted by atomic mass is 19.1. The number of aliphatic hydroxyl groups excluding tert-OH is 1. The molecular weight excluding hydrogens is 414 g/mol. The quantitative estimate of drug-likeness (QED) is 0.559. The number of halogens is 2. The zero-order valence-electron chi connectivity index (χ0n) is 17.8. The Bertz CT molecular complexity index is 1140. The van der Waals surface area contributed by atoms with E-state index in [1.807, 2.05) is 18.4 Å². The highest BCUT2D eigenvalue weighted by molar-refractivity contribution is 5.81. The van der Waals surface area contributed by atoms with E-state index >= 15 is 0 Å². The number of carbonyl (C=O) groups is 1. The molecule has 3 aromatic rings. The van der Waals surface area contributed by atoms with Gasteiger partial charge in [-0.1, -0.05) is 13.8 Å². The summed E-state index contributed by atoms with van der Waals surface area (Å²) >= 11 is 0. The van der Waals surface area contributed by atoms with Gasteiger partial charge in [-0.25, -0.2) is 13.8 Å². The summed E-state index contributed by atoms with van der Waals surface area (Å²) in [6.07, 6.45) is 2.47. The number of rotatable bonds is 5. The Morgan fingerprint density at radius 1 is 1.06 bits per heavy atom. The number of nitrogens with zero attached hydrogens (tertiary/aromatic N) is 2. The van der Waals surface area contributed by atoms with Crippen molar-refractivity contribution in [2.24, 2.45) is 0 Å². The second-order valence-electron chi connectivity index (χ2n) is 8.17. The summed E-state index contributed by atoms with van der Waals surface area (Å²) in [5.41, 5.74) is 2.79. The number of esters is 1. The van der Waals surface area contributed by atoms with Crippen LogP contribution in [0, 0.1) is 11.6 Å². The van der Waals surface area contributed by atoms with Crippen molar-refractivity contribution in [3.8, 4) is 22.5 Å². The van der Waals surface area contributed by atoms with Crippen LogP contribution in [0.25, 0.3) is 28.7 Å². The van der Waals surface area contributed by atoms with Crippen molar-refractivity contribution in [3.05, 3.63) is 72.1 Å². The van der Waals surface area contributed by atoms with Gasteiger partial charge in [-0.05, 0) is 54.6 Å². The van der Waals surface area contributed by atoms with Crippen LogP contribution in [-0.4, -0.2) is 32.8 Å². The Morgan fingerprint density at radius 3 is 2.22 bits per heavy atom. The molecule has 2 heterocycles. The first kappa shape index (κ1) is 21.9. The van der Waals surface area contributed by atoms with Gasteiger partial charge in [-0.15, -0.1) is 0 Å². The summed E-state index contributed by atoms with van der Waals surface area (Å²) in [5, 5.41) is 9.90. The molecule has 1 aromatic heterocycles. The molecule has 1 saturated heterocycles. The van der Waals surface area contributed by atoms with Gasteiger partial charge in [0.1, 0.15) is 23.6 Å². The van der Waals surface area contributed by atoms with Crippen molar-refractivity contribution in [2.45, 2.75) is 44.8 Å². The minimum atomic E-state index is -0.746. The van der Waals surface area contributed by atoms with E-state index in [1.165, 1.54) is 24.3 Å². The van der Waals surface area contributed by atoms with Crippen LogP contribution in [0.5, 0.6) is 0 Å². The summed E-state index contributed by atoms with van der Waals surface area (Å²) in [7, 11) is 0. The molecule has 0 aliphatic carbocycles. The number of carbonyl (C=O) groups excluding carboxylic acids is 1. The molecule has 2 aromatic carbocycles. The fraction of sp³-hybridized carbons (Fsp3) is 0.280. The Labute approximate surface area is 185 Å². The predicted molar refractivity (Wildman–Crippen MR) is 118 cm³/mol. The number of aromatic nitrogens is 2. The van der Waals surface area contributed by atoms with Gasteiger partial charge in [-0.2, -0.15) is 0 Å². The number of cyclic esters (lactones) is 1. The first-order valence-corrected chi connectivity index (χ1v) is 10.5. The Hall–Kier alpha value is -3.32. The molecule has 5 nitrogen and oxygen atoms in total. The third-order valence-electron chi connectivity index (χ3n) is 5.33. The normalized spacial score (nSPS) is 19.0. The topological polar surface area (TPSA) is 64.3 Å². The van der Waals surface area contributed by atoms with Gasteiger partial charge in [0.05, 0.1) is 23.9 Å². The van der Waals surface area contributed by atoms with E-state index in [4.69, 9.17) is 9.72 Å². The molecule has 166 valence electrons. The van der Waals surface area contributed by atoms with E-state index < -0.39 is 18.2 Å². The number of aliphatic hydroxyl groups is 1. The monoisotopic (exact) mass is 438 g/mol. The molecule has 1 fully saturated rings. The SMILES string of the molecule is CC(C)c1nc(-c2ccc(F)cc2)c(-c2ccc(F)cc2)n1/C=C/[C@@H]1C[C@H](O)CC(=O)O1. The van der Waals surface area contributed by atoms with Gasteiger partial charge in [0.15, 0.2) is 0 Å². The van der Waals surface area contributed by atoms with Gasteiger partial charge in [0.2, 0.25) is 0 Å². The summed E-state index contributed by atoms with van der Waals surface area (Å²) in [6, 6.07) is 12.1. The summed E-state index contributed by atoms with van der Waals surface area (Å²) in [6.45, 7) is 4.00. The molecule has 0 radical (unpaired) electrons. The number of imidazole rings is 1. The average molecular weight is 438 g/mol. The molecule has 4 rings (SSSR count). The van der Waals surface area contributed by atoms with Gasteiger partial charge in [0, 0.05) is 29.7 Å². The fourth-order valence-corrected chi connectivity index (χ4v) is 3.81. The van der Waals surface area contributed by atoms with Crippen molar-refractivity contribution in [3.63, 3.8) is 0 Å². The molecular formula is C25H24F2N2O3. The molecule has 0 spiro atoms. The van der Waals surface area contributed by atoms with Gasteiger partial charge < -0.3 is 14.4 Å². The predicted octanol–water partition coefficient (Wildman–Crippen LogP) is 5.16. The minimum absolute atomic E-state index is 0.0117. The van der Waals surface area contributed by atoms with E-state index in [1.54, 1.807) is 36.5 Å². The standard InChI is InChI=1S/C25H24F2N2O3/c1-15(2)25-28-23(16-3-7-18(26)8-4-16)24(17-5-9-19(27)10-6-17)29(25)12-11-21-13-20(30)14-22(31)32-21/h3-12,15,20-21,30H,13-14H2,1-2H3/b12-11+/t20-,21+/m0/s1. The minimum Gasteiger partial charge on any atom is -0.458 e. The molecule has 1 N–H and O–H groups in total. The van der Waals surface area contributed by atoms with Crippen LogP contribution in [0.1, 0.15) is 38.4 Å². The summed E-state index contributed by atoms with van der Waals surface area (Å²) in [4.78, 5) is 16.5. The van der Waals surface area contributed by atoms with E-state index in [0.717, 1.165) is 17.0 Å². The lowest BCUT2D eigenvalue weighted by Gasteiger charge is -2.23. The molecule has 1 aliphatic rings. The van der Waals surface area contributed by atoms with E-state index in [9.17, 15) is 18.7 Å². The maximum absolute atomic E-state index is 13.6. The molecule has 0 saturated carbocycles. The maximum atomic E-state index is 13.6. The molecule has 0 unspecified atom stereocenters. The zero-order valence-corrected chi connectivity index (χ0v) is 17.8. The van der Waals surface area contributed by atoms with Crippen LogP contribution >= 0.6 is 0 Å². The van der Waals surface area contributed by atoms with Crippen LogP contribution in [0.15, 0.2) is 54.6 Å². The molecule has 0 bridgehead atoms. The van der Waals surface area contributed by atoms with E-state index in [0.29, 0.717) is 17.8 Å². The largest absolute Gasteiger partial charge is 0.458 e. The van der Waals surface area contributed by atoms with Crippen molar-refractivity contribution >= 4 is 12.2 Å². The smallest absolute Gasteiger partial charge is 0.309 e.